The fourth-order valence-electron chi connectivity index (χ4n) is 3.03. The predicted molar refractivity (Wildman–Crippen MR) is 93.6 cm³/mol. The van der Waals surface area contributed by atoms with Gasteiger partial charge in [-0.25, -0.2) is 0 Å². The molecule has 1 aliphatic rings. The van der Waals surface area contributed by atoms with Gasteiger partial charge >= 0.3 is 0 Å². The number of carbonyl (C=O) groups excluding carboxylic acids is 2. The molecule has 1 saturated carbocycles. The fraction of sp³-hybridized carbons (Fsp3) is 0.579. The van der Waals surface area contributed by atoms with Crippen molar-refractivity contribution in [1.82, 2.24) is 10.6 Å². The average molecular weight is 332 g/mol. The summed E-state index contributed by atoms with van der Waals surface area (Å²) in [6.45, 7) is 3.18. The highest BCUT2D eigenvalue weighted by Crippen LogP contribution is 2.32. The fourth-order valence-corrected chi connectivity index (χ4v) is 3.03. The second-order valence-corrected chi connectivity index (χ2v) is 6.69. The quantitative estimate of drug-likeness (QED) is 0.640. The van der Waals surface area contributed by atoms with Crippen molar-refractivity contribution in [3.05, 3.63) is 35.4 Å². The average Bonchev–Trinajstić information content (AvgIpc) is 2.99. The van der Waals surface area contributed by atoms with E-state index >= 15 is 0 Å². The molecule has 0 aliphatic heterocycles. The molecule has 0 saturated heterocycles. The number of hydrogen-bond donors (Lipinski definition) is 3. The third kappa shape index (κ3) is 5.64. The van der Waals surface area contributed by atoms with Gasteiger partial charge in [-0.15, -0.1) is 0 Å². The van der Waals surface area contributed by atoms with Gasteiger partial charge in [0.25, 0.3) is 5.91 Å². The van der Waals surface area contributed by atoms with Crippen LogP contribution >= 0.6 is 0 Å². The van der Waals surface area contributed by atoms with Crippen LogP contribution < -0.4 is 10.6 Å². The molecule has 0 bridgehead atoms. The van der Waals surface area contributed by atoms with E-state index in [0.29, 0.717) is 31.5 Å². The standard InChI is InChI=1S/C19H28N2O3/c1-2-3-12-20-18(23)16-8-6-15(7-9-16)14-21-17(22)13-19(24)10-4-5-11-19/h6-9,24H,2-5,10-14H2,1H3,(H,20,23)(H,21,22). The Hall–Kier alpha value is -1.88. The van der Waals surface area contributed by atoms with E-state index in [9.17, 15) is 14.7 Å². The lowest BCUT2D eigenvalue weighted by Gasteiger charge is -2.21. The molecule has 1 aromatic carbocycles. The van der Waals surface area contributed by atoms with Crippen molar-refractivity contribution in [2.24, 2.45) is 0 Å². The van der Waals surface area contributed by atoms with Crippen molar-refractivity contribution in [2.45, 2.75) is 64.0 Å². The van der Waals surface area contributed by atoms with Crippen LogP contribution in [0.2, 0.25) is 0 Å². The lowest BCUT2D eigenvalue weighted by atomic mass is 9.97. The van der Waals surface area contributed by atoms with Crippen molar-refractivity contribution >= 4 is 11.8 Å². The van der Waals surface area contributed by atoms with E-state index < -0.39 is 5.60 Å². The molecule has 0 aromatic heterocycles. The van der Waals surface area contributed by atoms with Gasteiger partial charge in [0.1, 0.15) is 0 Å². The number of amides is 2. The van der Waals surface area contributed by atoms with Crippen LogP contribution in [0.15, 0.2) is 24.3 Å². The Kier molecular flexibility index (Phi) is 6.79. The van der Waals surface area contributed by atoms with Crippen LogP contribution in [0.3, 0.4) is 0 Å². The van der Waals surface area contributed by atoms with E-state index in [1.165, 1.54) is 0 Å². The largest absolute Gasteiger partial charge is 0.389 e. The zero-order valence-electron chi connectivity index (χ0n) is 14.4. The molecule has 0 radical (unpaired) electrons. The number of rotatable bonds is 8. The van der Waals surface area contributed by atoms with Crippen molar-refractivity contribution < 1.29 is 14.7 Å². The van der Waals surface area contributed by atoms with Gasteiger partial charge in [-0.3, -0.25) is 9.59 Å². The Morgan fingerprint density at radius 1 is 1.12 bits per heavy atom. The van der Waals surface area contributed by atoms with E-state index in [4.69, 9.17) is 0 Å². The third-order valence-corrected chi connectivity index (χ3v) is 4.55. The van der Waals surface area contributed by atoms with Crippen molar-refractivity contribution in [2.75, 3.05) is 6.54 Å². The smallest absolute Gasteiger partial charge is 0.251 e. The molecule has 0 atom stereocenters. The summed E-state index contributed by atoms with van der Waals surface area (Å²) in [6, 6.07) is 7.24. The van der Waals surface area contributed by atoms with Gasteiger partial charge in [0.2, 0.25) is 5.91 Å². The first-order chi connectivity index (χ1) is 11.5. The Morgan fingerprint density at radius 3 is 2.42 bits per heavy atom. The zero-order valence-corrected chi connectivity index (χ0v) is 14.4. The van der Waals surface area contributed by atoms with Crippen LogP contribution in [-0.2, 0) is 11.3 Å². The van der Waals surface area contributed by atoms with Crippen LogP contribution in [0.4, 0.5) is 0 Å². The molecular formula is C19H28N2O3. The zero-order chi connectivity index (χ0) is 17.4. The van der Waals surface area contributed by atoms with Crippen LogP contribution in [0.1, 0.15) is 67.8 Å². The topological polar surface area (TPSA) is 78.4 Å². The van der Waals surface area contributed by atoms with E-state index in [1.807, 2.05) is 12.1 Å². The SMILES string of the molecule is CCCCNC(=O)c1ccc(CNC(=O)CC2(O)CCCC2)cc1. The van der Waals surface area contributed by atoms with E-state index in [2.05, 4.69) is 17.6 Å². The first-order valence-corrected chi connectivity index (χ1v) is 8.89. The Labute approximate surface area is 143 Å². The number of carbonyl (C=O) groups is 2. The van der Waals surface area contributed by atoms with Gasteiger partial charge < -0.3 is 15.7 Å². The van der Waals surface area contributed by atoms with E-state index in [1.54, 1.807) is 12.1 Å². The maximum atomic E-state index is 12.0. The second-order valence-electron chi connectivity index (χ2n) is 6.69. The summed E-state index contributed by atoms with van der Waals surface area (Å²) in [7, 11) is 0. The van der Waals surface area contributed by atoms with Gasteiger partial charge in [0.15, 0.2) is 0 Å². The highest BCUT2D eigenvalue weighted by molar-refractivity contribution is 5.94. The molecule has 0 spiro atoms. The number of nitrogens with one attached hydrogen (secondary N) is 2. The number of unbranched alkanes of at least 4 members (excludes halogenated alkanes) is 1. The Bertz CT molecular complexity index is 548. The molecule has 1 aromatic rings. The van der Waals surface area contributed by atoms with Crippen LogP contribution in [-0.4, -0.2) is 29.1 Å². The predicted octanol–water partition coefficient (Wildman–Crippen LogP) is 2.53. The first kappa shape index (κ1) is 18.5. The highest BCUT2D eigenvalue weighted by Gasteiger charge is 2.33. The summed E-state index contributed by atoms with van der Waals surface area (Å²) in [6.07, 6.45) is 5.60. The number of hydrogen-bond acceptors (Lipinski definition) is 3. The molecule has 5 nitrogen and oxygen atoms in total. The van der Waals surface area contributed by atoms with Gasteiger partial charge in [-0.1, -0.05) is 38.3 Å². The number of aliphatic hydroxyl groups is 1. The highest BCUT2D eigenvalue weighted by atomic mass is 16.3. The minimum atomic E-state index is -0.815. The Morgan fingerprint density at radius 2 is 1.79 bits per heavy atom. The van der Waals surface area contributed by atoms with Crippen LogP contribution in [0, 0.1) is 0 Å². The monoisotopic (exact) mass is 332 g/mol. The van der Waals surface area contributed by atoms with E-state index in [-0.39, 0.29) is 18.2 Å². The summed E-state index contributed by atoms with van der Waals surface area (Å²) < 4.78 is 0. The third-order valence-electron chi connectivity index (χ3n) is 4.55. The molecule has 3 N–H and O–H groups in total. The lowest BCUT2D eigenvalue weighted by Crippen LogP contribution is -2.34. The van der Waals surface area contributed by atoms with Gasteiger partial charge in [-0.05, 0) is 37.0 Å². The minimum absolute atomic E-state index is 0.0671. The molecule has 0 unspecified atom stereocenters. The van der Waals surface area contributed by atoms with Crippen molar-refractivity contribution in [1.29, 1.82) is 0 Å². The van der Waals surface area contributed by atoms with Crippen molar-refractivity contribution in [3.63, 3.8) is 0 Å². The molecule has 24 heavy (non-hydrogen) atoms. The van der Waals surface area contributed by atoms with Gasteiger partial charge in [-0.2, -0.15) is 0 Å². The molecule has 2 amide bonds. The lowest BCUT2D eigenvalue weighted by molar-refractivity contribution is -0.126. The molecule has 1 fully saturated rings. The summed E-state index contributed by atoms with van der Waals surface area (Å²) in [5.74, 6) is -0.191. The number of benzene rings is 1. The molecule has 2 rings (SSSR count). The van der Waals surface area contributed by atoms with Crippen LogP contribution in [0.5, 0.6) is 0 Å². The van der Waals surface area contributed by atoms with Crippen molar-refractivity contribution in [3.8, 4) is 0 Å². The first-order valence-electron chi connectivity index (χ1n) is 8.89. The molecular weight excluding hydrogens is 304 g/mol. The minimum Gasteiger partial charge on any atom is -0.389 e. The van der Waals surface area contributed by atoms with E-state index in [0.717, 1.165) is 31.2 Å². The maximum Gasteiger partial charge on any atom is 0.251 e. The second kappa shape index (κ2) is 8.83. The molecule has 0 heterocycles. The summed E-state index contributed by atoms with van der Waals surface area (Å²) in [5, 5.41) is 16.0. The molecule has 132 valence electrons. The summed E-state index contributed by atoms with van der Waals surface area (Å²) >= 11 is 0. The summed E-state index contributed by atoms with van der Waals surface area (Å²) in [5.41, 5.74) is 0.748. The summed E-state index contributed by atoms with van der Waals surface area (Å²) in [4.78, 5) is 23.9. The molecule has 5 heteroatoms. The van der Waals surface area contributed by atoms with Gasteiger partial charge in [0.05, 0.1) is 12.0 Å². The van der Waals surface area contributed by atoms with Crippen LogP contribution in [0.25, 0.3) is 0 Å². The molecule has 1 aliphatic carbocycles. The normalized spacial score (nSPS) is 15.9. The maximum absolute atomic E-state index is 12.0. The van der Waals surface area contributed by atoms with Gasteiger partial charge in [0, 0.05) is 18.7 Å². The Balaban J connectivity index is 1.77.